The second-order valence-electron chi connectivity index (χ2n) is 3.87. The van der Waals surface area contributed by atoms with E-state index >= 15 is 0 Å². The van der Waals surface area contributed by atoms with Crippen LogP contribution in [0.15, 0.2) is 48.5 Å². The van der Waals surface area contributed by atoms with Crippen molar-refractivity contribution in [2.75, 3.05) is 4.90 Å². The number of benzene rings is 2. The highest BCUT2D eigenvalue weighted by molar-refractivity contribution is 6.31. The van der Waals surface area contributed by atoms with E-state index in [0.717, 1.165) is 11.4 Å². The van der Waals surface area contributed by atoms with Crippen molar-refractivity contribution < 1.29 is 0 Å². The van der Waals surface area contributed by atoms with Crippen LogP contribution in [0.2, 0.25) is 10.0 Å². The van der Waals surface area contributed by atoms with Gasteiger partial charge in [-0.1, -0.05) is 23.2 Å². The van der Waals surface area contributed by atoms with E-state index in [9.17, 15) is 0 Å². The van der Waals surface area contributed by atoms with Crippen molar-refractivity contribution in [1.82, 2.24) is 0 Å². The molecule has 0 radical (unpaired) electrons. The lowest BCUT2D eigenvalue weighted by molar-refractivity contribution is 1.27. The molecule has 2 rings (SSSR count). The molecule has 18 heavy (non-hydrogen) atoms. The highest BCUT2D eigenvalue weighted by Crippen LogP contribution is 2.27. The maximum Gasteiger partial charge on any atom is 0.102 e. The smallest absolute Gasteiger partial charge is 0.102 e. The van der Waals surface area contributed by atoms with Crippen molar-refractivity contribution in [3.63, 3.8) is 0 Å². The van der Waals surface area contributed by atoms with Crippen LogP contribution < -0.4 is 4.90 Å². The summed E-state index contributed by atoms with van der Waals surface area (Å²) < 4.78 is 0. The first kappa shape index (κ1) is 12.9. The van der Waals surface area contributed by atoms with Crippen LogP contribution in [0.5, 0.6) is 0 Å². The molecule has 0 aromatic heterocycles. The second-order valence-corrected chi connectivity index (χ2v) is 4.75. The van der Waals surface area contributed by atoms with Crippen LogP contribution in [-0.2, 0) is 0 Å². The summed E-state index contributed by atoms with van der Waals surface area (Å²) in [6, 6.07) is 14.8. The molecule has 0 unspecified atom stereocenters. The predicted octanol–water partition coefficient (Wildman–Crippen LogP) is 5.13. The third-order valence-corrected chi connectivity index (χ3v) is 3.01. The van der Waals surface area contributed by atoms with Gasteiger partial charge < -0.3 is 0 Å². The van der Waals surface area contributed by atoms with Crippen molar-refractivity contribution in [2.45, 2.75) is 6.92 Å². The van der Waals surface area contributed by atoms with E-state index in [2.05, 4.69) is 0 Å². The molecule has 0 atom stereocenters. The van der Waals surface area contributed by atoms with Crippen LogP contribution in [0.25, 0.3) is 0 Å². The normalized spacial score (nSPS) is 10.2. The number of anilines is 2. The number of nitrogens with one attached hydrogen (secondary N) is 1. The summed E-state index contributed by atoms with van der Waals surface area (Å²) in [7, 11) is 0. The topological polar surface area (TPSA) is 27.1 Å². The molecule has 0 aliphatic carbocycles. The fraction of sp³-hybridized carbons (Fsp3) is 0.0714. The molecule has 0 saturated heterocycles. The molecule has 0 fully saturated rings. The van der Waals surface area contributed by atoms with Crippen LogP contribution >= 0.6 is 23.2 Å². The molecule has 0 heterocycles. The lowest BCUT2D eigenvalue weighted by atomic mass is 10.2. The predicted molar refractivity (Wildman–Crippen MR) is 78.4 cm³/mol. The van der Waals surface area contributed by atoms with Gasteiger partial charge in [0.2, 0.25) is 0 Å². The first-order chi connectivity index (χ1) is 8.58. The van der Waals surface area contributed by atoms with E-state index in [4.69, 9.17) is 28.6 Å². The third kappa shape index (κ3) is 2.84. The summed E-state index contributed by atoms with van der Waals surface area (Å²) in [6.45, 7) is 1.74. The Kier molecular flexibility index (Phi) is 3.90. The summed E-state index contributed by atoms with van der Waals surface area (Å²) in [5, 5.41) is 9.25. The Hall–Kier alpha value is -1.51. The zero-order chi connectivity index (χ0) is 13.1. The Morgan fingerprint density at radius 3 is 1.44 bits per heavy atom. The van der Waals surface area contributed by atoms with E-state index in [1.54, 1.807) is 6.92 Å². The first-order valence-electron chi connectivity index (χ1n) is 5.44. The van der Waals surface area contributed by atoms with Crippen LogP contribution in [-0.4, -0.2) is 5.84 Å². The van der Waals surface area contributed by atoms with Crippen LogP contribution in [0.1, 0.15) is 6.92 Å². The van der Waals surface area contributed by atoms with Crippen LogP contribution in [0.4, 0.5) is 11.4 Å². The number of nitrogens with zero attached hydrogens (tertiary/aromatic N) is 1. The lowest BCUT2D eigenvalue weighted by Crippen LogP contribution is -2.21. The SMILES string of the molecule is CC(=N)N(c1ccc(Cl)cc1)c1ccc(Cl)cc1. The minimum absolute atomic E-state index is 0.430. The van der Waals surface area contributed by atoms with Gasteiger partial charge in [-0.15, -0.1) is 0 Å². The molecule has 2 nitrogen and oxygen atoms in total. The van der Waals surface area contributed by atoms with E-state index < -0.39 is 0 Å². The third-order valence-electron chi connectivity index (χ3n) is 2.51. The Bertz CT molecular complexity index is 502. The monoisotopic (exact) mass is 278 g/mol. The summed E-state index contributed by atoms with van der Waals surface area (Å²) in [5.41, 5.74) is 1.79. The van der Waals surface area contributed by atoms with Gasteiger partial charge in [0.15, 0.2) is 0 Å². The number of hydrogen-bond acceptors (Lipinski definition) is 1. The number of hydrogen-bond donors (Lipinski definition) is 1. The van der Waals surface area contributed by atoms with Crippen molar-refractivity contribution in [3.8, 4) is 0 Å². The van der Waals surface area contributed by atoms with E-state index in [1.807, 2.05) is 53.4 Å². The molecule has 92 valence electrons. The molecular weight excluding hydrogens is 267 g/mol. The Morgan fingerprint density at radius 1 is 0.833 bits per heavy atom. The maximum absolute atomic E-state index is 7.89. The minimum atomic E-state index is 0.430. The van der Waals surface area contributed by atoms with Gasteiger partial charge in [0.1, 0.15) is 5.84 Å². The van der Waals surface area contributed by atoms with Gasteiger partial charge in [0.05, 0.1) is 0 Å². The van der Waals surface area contributed by atoms with Gasteiger partial charge in [-0.05, 0) is 55.5 Å². The number of rotatable bonds is 2. The van der Waals surface area contributed by atoms with Crippen molar-refractivity contribution in [1.29, 1.82) is 5.41 Å². The molecule has 0 bridgehead atoms. The fourth-order valence-corrected chi connectivity index (χ4v) is 1.97. The first-order valence-corrected chi connectivity index (χ1v) is 6.20. The number of halogens is 2. The summed E-state index contributed by atoms with van der Waals surface area (Å²) in [4.78, 5) is 1.83. The summed E-state index contributed by atoms with van der Waals surface area (Å²) >= 11 is 11.7. The van der Waals surface area contributed by atoms with Gasteiger partial charge in [-0.2, -0.15) is 0 Å². The van der Waals surface area contributed by atoms with E-state index in [1.165, 1.54) is 0 Å². The average molecular weight is 279 g/mol. The molecule has 0 aliphatic heterocycles. The second kappa shape index (κ2) is 5.42. The maximum atomic E-state index is 7.89. The van der Waals surface area contributed by atoms with Gasteiger partial charge >= 0.3 is 0 Å². The lowest BCUT2D eigenvalue weighted by Gasteiger charge is -2.23. The Labute approximate surface area is 116 Å². The van der Waals surface area contributed by atoms with Crippen LogP contribution in [0.3, 0.4) is 0 Å². The van der Waals surface area contributed by atoms with Crippen molar-refractivity contribution in [3.05, 3.63) is 58.6 Å². The molecule has 1 N–H and O–H groups in total. The average Bonchev–Trinajstić information content (AvgIpc) is 2.34. The molecule has 0 spiro atoms. The highest BCUT2D eigenvalue weighted by atomic mass is 35.5. The van der Waals surface area contributed by atoms with Gasteiger partial charge in [0, 0.05) is 21.4 Å². The quantitative estimate of drug-likeness (QED) is 0.599. The summed E-state index contributed by atoms with van der Waals surface area (Å²) in [5.74, 6) is 0.430. The molecule has 2 aromatic carbocycles. The zero-order valence-electron chi connectivity index (χ0n) is 9.82. The standard InChI is InChI=1S/C14H12Cl2N2/c1-10(17)18(13-6-2-11(15)3-7-13)14-8-4-12(16)5-9-14/h2-9,17H,1H3. The molecular formula is C14H12Cl2N2. The van der Waals surface area contributed by atoms with Gasteiger partial charge in [-0.25, -0.2) is 0 Å². The minimum Gasteiger partial charge on any atom is -0.299 e. The highest BCUT2D eigenvalue weighted by Gasteiger charge is 2.11. The van der Waals surface area contributed by atoms with Crippen LogP contribution in [0, 0.1) is 5.41 Å². The molecule has 0 saturated carbocycles. The molecule has 2 aromatic rings. The number of amidine groups is 1. The van der Waals surface area contributed by atoms with E-state index in [0.29, 0.717) is 15.9 Å². The Balaban J connectivity index is 2.43. The largest absolute Gasteiger partial charge is 0.299 e. The van der Waals surface area contributed by atoms with Crippen molar-refractivity contribution >= 4 is 40.4 Å². The Morgan fingerprint density at radius 2 is 1.17 bits per heavy atom. The van der Waals surface area contributed by atoms with Gasteiger partial charge in [-0.3, -0.25) is 10.3 Å². The zero-order valence-corrected chi connectivity index (χ0v) is 11.3. The van der Waals surface area contributed by atoms with E-state index in [-0.39, 0.29) is 0 Å². The summed E-state index contributed by atoms with van der Waals surface area (Å²) in [6.07, 6.45) is 0. The molecule has 0 amide bonds. The fourth-order valence-electron chi connectivity index (χ4n) is 1.72. The molecule has 0 aliphatic rings. The van der Waals surface area contributed by atoms with Crippen molar-refractivity contribution in [2.24, 2.45) is 0 Å². The molecule has 4 heteroatoms. The van der Waals surface area contributed by atoms with Gasteiger partial charge in [0.25, 0.3) is 0 Å².